The number of hydrogen-bond acceptors (Lipinski definition) is 4. The van der Waals surface area contributed by atoms with E-state index < -0.39 is 18.2 Å². The molecular formula is C16H18N2O4. The molecule has 0 bridgehead atoms. The minimum absolute atomic E-state index is 0.167. The van der Waals surface area contributed by atoms with E-state index in [9.17, 15) is 19.5 Å². The zero-order valence-corrected chi connectivity index (χ0v) is 12.5. The van der Waals surface area contributed by atoms with Crippen LogP contribution in [0.15, 0.2) is 18.2 Å². The van der Waals surface area contributed by atoms with Gasteiger partial charge >= 0.3 is 0 Å². The highest BCUT2D eigenvalue weighted by molar-refractivity contribution is 6.05. The van der Waals surface area contributed by atoms with Gasteiger partial charge < -0.3 is 5.11 Å². The average Bonchev–Trinajstić information content (AvgIpc) is 2.71. The van der Waals surface area contributed by atoms with Crippen LogP contribution in [0.3, 0.4) is 0 Å². The Hall–Kier alpha value is -2.21. The molecular weight excluding hydrogens is 284 g/mol. The predicted octanol–water partition coefficient (Wildman–Crippen LogP) is 1.06. The Bertz CT molecular complexity index is 668. The number of aliphatic hydroxyl groups is 1. The number of hydrogen-bond donors (Lipinski definition) is 2. The summed E-state index contributed by atoms with van der Waals surface area (Å²) in [7, 11) is 0. The molecule has 1 fully saturated rings. The van der Waals surface area contributed by atoms with Gasteiger partial charge in [0.05, 0.1) is 0 Å². The van der Waals surface area contributed by atoms with E-state index in [1.54, 1.807) is 12.1 Å². The molecule has 1 aromatic rings. The van der Waals surface area contributed by atoms with Crippen LogP contribution in [0.25, 0.3) is 0 Å². The molecule has 6 nitrogen and oxygen atoms in total. The predicted molar refractivity (Wildman–Crippen MR) is 77.8 cm³/mol. The van der Waals surface area contributed by atoms with Gasteiger partial charge in [0, 0.05) is 17.5 Å². The van der Waals surface area contributed by atoms with Gasteiger partial charge in [-0.15, -0.1) is 0 Å². The third-order valence-electron chi connectivity index (χ3n) is 4.30. The second-order valence-electron chi connectivity index (χ2n) is 6.05. The lowest BCUT2D eigenvalue weighted by Gasteiger charge is -2.31. The third-order valence-corrected chi connectivity index (χ3v) is 4.30. The molecule has 0 aliphatic carbocycles. The van der Waals surface area contributed by atoms with Gasteiger partial charge in [-0.3, -0.25) is 24.6 Å². The number of rotatable bonds is 2. The van der Waals surface area contributed by atoms with E-state index in [1.807, 2.05) is 19.9 Å². The lowest BCUT2D eigenvalue weighted by Crippen LogP contribution is -2.53. The molecule has 3 amide bonds. The highest BCUT2D eigenvalue weighted by Crippen LogP contribution is 2.36. The molecule has 2 heterocycles. The molecule has 2 aliphatic heterocycles. The fraction of sp³-hybridized carbons (Fsp3) is 0.438. The first-order valence-corrected chi connectivity index (χ1v) is 7.38. The van der Waals surface area contributed by atoms with Crippen LogP contribution in [0, 0.1) is 0 Å². The summed E-state index contributed by atoms with van der Waals surface area (Å²) in [5, 5.41) is 12.6. The standard InChI is InChI=1S/C16H18N2O4/c1-8(2)9-3-4-10-11(7-9)16(22)18(15(10)21)12-5-6-13(19)17-14(12)20/h3-4,7-8,12,15,21H,5-6H2,1-2H3,(H,17,19,20)/t12-,15?/m1/s1. The van der Waals surface area contributed by atoms with Crippen molar-refractivity contribution in [3.63, 3.8) is 0 Å². The summed E-state index contributed by atoms with van der Waals surface area (Å²) in [6.07, 6.45) is -0.744. The molecule has 2 N–H and O–H groups in total. The van der Waals surface area contributed by atoms with E-state index in [-0.39, 0.29) is 30.6 Å². The Labute approximate surface area is 128 Å². The van der Waals surface area contributed by atoms with E-state index >= 15 is 0 Å². The van der Waals surface area contributed by atoms with Crippen molar-refractivity contribution in [2.45, 2.75) is 44.9 Å². The van der Waals surface area contributed by atoms with E-state index in [2.05, 4.69) is 5.32 Å². The van der Waals surface area contributed by atoms with Gasteiger partial charge in [0.25, 0.3) is 5.91 Å². The number of nitrogens with one attached hydrogen (secondary N) is 1. The number of nitrogens with zero attached hydrogens (tertiary/aromatic N) is 1. The first kappa shape index (κ1) is 14.7. The van der Waals surface area contributed by atoms with E-state index in [0.717, 1.165) is 5.56 Å². The van der Waals surface area contributed by atoms with Crippen LogP contribution in [0.4, 0.5) is 0 Å². The number of aliphatic hydroxyl groups excluding tert-OH is 1. The number of piperidine rings is 1. The van der Waals surface area contributed by atoms with Crippen molar-refractivity contribution in [3.8, 4) is 0 Å². The number of benzene rings is 1. The summed E-state index contributed by atoms with van der Waals surface area (Å²) in [4.78, 5) is 37.0. The van der Waals surface area contributed by atoms with Crippen LogP contribution in [0.1, 0.15) is 60.3 Å². The maximum Gasteiger partial charge on any atom is 0.257 e. The monoisotopic (exact) mass is 302 g/mol. The molecule has 0 saturated carbocycles. The SMILES string of the molecule is CC(C)c1ccc2c(c1)C(=O)N([C@@H]1CCC(=O)NC1=O)C2O. The Morgan fingerprint density at radius 3 is 2.64 bits per heavy atom. The van der Waals surface area contributed by atoms with Crippen LogP contribution < -0.4 is 5.32 Å². The van der Waals surface area contributed by atoms with E-state index in [1.165, 1.54) is 4.90 Å². The largest absolute Gasteiger partial charge is 0.369 e. The summed E-state index contributed by atoms with van der Waals surface area (Å²) in [6, 6.07) is 4.58. The van der Waals surface area contributed by atoms with Gasteiger partial charge in [-0.2, -0.15) is 0 Å². The Morgan fingerprint density at radius 1 is 1.27 bits per heavy atom. The van der Waals surface area contributed by atoms with Gasteiger partial charge in [0.1, 0.15) is 6.04 Å². The second kappa shape index (κ2) is 5.21. The first-order chi connectivity index (χ1) is 10.4. The zero-order chi connectivity index (χ0) is 16.0. The minimum atomic E-state index is -1.15. The number of amides is 3. The summed E-state index contributed by atoms with van der Waals surface area (Å²) >= 11 is 0. The van der Waals surface area contributed by atoms with Crippen molar-refractivity contribution in [3.05, 3.63) is 34.9 Å². The molecule has 3 rings (SSSR count). The Balaban J connectivity index is 1.94. The normalized spacial score (nSPS) is 24.7. The van der Waals surface area contributed by atoms with E-state index in [0.29, 0.717) is 11.1 Å². The Morgan fingerprint density at radius 2 is 2.00 bits per heavy atom. The van der Waals surface area contributed by atoms with Gasteiger partial charge in [0.15, 0.2) is 6.23 Å². The van der Waals surface area contributed by atoms with Gasteiger partial charge in [-0.05, 0) is 24.0 Å². The lowest BCUT2D eigenvalue weighted by atomic mass is 9.98. The number of imide groups is 1. The molecule has 1 aromatic carbocycles. The van der Waals surface area contributed by atoms with Crippen LogP contribution in [-0.2, 0) is 9.59 Å². The van der Waals surface area contributed by atoms with Crippen LogP contribution in [-0.4, -0.2) is 33.8 Å². The van der Waals surface area contributed by atoms with Crippen molar-refractivity contribution in [1.82, 2.24) is 10.2 Å². The maximum atomic E-state index is 12.6. The summed E-state index contributed by atoms with van der Waals surface area (Å²) in [5.41, 5.74) is 1.95. The number of carbonyl (C=O) groups is 3. The van der Waals surface area contributed by atoms with Crippen LogP contribution in [0.2, 0.25) is 0 Å². The topological polar surface area (TPSA) is 86.7 Å². The molecule has 22 heavy (non-hydrogen) atoms. The number of fused-ring (bicyclic) bond motifs is 1. The molecule has 6 heteroatoms. The lowest BCUT2D eigenvalue weighted by molar-refractivity contribution is -0.139. The quantitative estimate of drug-likeness (QED) is 0.800. The molecule has 0 spiro atoms. The third kappa shape index (κ3) is 2.20. The smallest absolute Gasteiger partial charge is 0.257 e. The van der Waals surface area contributed by atoms with Crippen LogP contribution >= 0.6 is 0 Å². The Kier molecular flexibility index (Phi) is 3.48. The maximum absolute atomic E-state index is 12.6. The molecule has 2 atom stereocenters. The first-order valence-electron chi connectivity index (χ1n) is 7.38. The molecule has 0 radical (unpaired) electrons. The van der Waals surface area contributed by atoms with Crippen molar-refractivity contribution >= 4 is 17.7 Å². The fourth-order valence-corrected chi connectivity index (χ4v) is 3.00. The van der Waals surface area contributed by atoms with E-state index in [4.69, 9.17) is 0 Å². The van der Waals surface area contributed by atoms with Gasteiger partial charge in [-0.1, -0.05) is 26.0 Å². The molecule has 0 aromatic heterocycles. The highest BCUT2D eigenvalue weighted by Gasteiger charge is 2.44. The van der Waals surface area contributed by atoms with Crippen molar-refractivity contribution in [1.29, 1.82) is 0 Å². The second-order valence-corrected chi connectivity index (χ2v) is 6.05. The average molecular weight is 302 g/mol. The van der Waals surface area contributed by atoms with Crippen LogP contribution in [0.5, 0.6) is 0 Å². The summed E-state index contributed by atoms with van der Waals surface area (Å²) in [6.45, 7) is 4.05. The molecule has 1 saturated heterocycles. The summed E-state index contributed by atoms with van der Waals surface area (Å²) < 4.78 is 0. The van der Waals surface area contributed by atoms with Crippen molar-refractivity contribution < 1.29 is 19.5 Å². The van der Waals surface area contributed by atoms with Gasteiger partial charge in [-0.25, -0.2) is 0 Å². The minimum Gasteiger partial charge on any atom is -0.369 e. The summed E-state index contributed by atoms with van der Waals surface area (Å²) in [5.74, 6) is -0.970. The highest BCUT2D eigenvalue weighted by atomic mass is 16.3. The fourth-order valence-electron chi connectivity index (χ4n) is 3.00. The van der Waals surface area contributed by atoms with Crippen molar-refractivity contribution in [2.24, 2.45) is 0 Å². The molecule has 1 unspecified atom stereocenters. The van der Waals surface area contributed by atoms with Crippen molar-refractivity contribution in [2.75, 3.05) is 0 Å². The molecule has 2 aliphatic rings. The molecule has 116 valence electrons. The zero-order valence-electron chi connectivity index (χ0n) is 12.5. The number of carbonyl (C=O) groups excluding carboxylic acids is 3. The van der Waals surface area contributed by atoms with Gasteiger partial charge in [0.2, 0.25) is 11.8 Å².